The highest BCUT2D eigenvalue weighted by molar-refractivity contribution is 6.30. The van der Waals surface area contributed by atoms with Crippen molar-refractivity contribution in [3.05, 3.63) is 34.6 Å². The molecule has 0 aliphatic heterocycles. The SMILES string of the molecule is CCOC1(C(=O)Cc2cc(Cl)ccc2F)CCCC(C)C1. The summed E-state index contributed by atoms with van der Waals surface area (Å²) >= 11 is 5.90. The van der Waals surface area contributed by atoms with E-state index in [4.69, 9.17) is 16.3 Å². The third kappa shape index (κ3) is 3.83. The van der Waals surface area contributed by atoms with Crippen LogP contribution in [0.5, 0.6) is 0 Å². The van der Waals surface area contributed by atoms with Crippen molar-refractivity contribution in [2.75, 3.05) is 6.61 Å². The Morgan fingerprint density at radius 1 is 1.52 bits per heavy atom. The third-order valence-electron chi connectivity index (χ3n) is 4.24. The van der Waals surface area contributed by atoms with Crippen LogP contribution in [0.3, 0.4) is 0 Å². The first-order chi connectivity index (χ1) is 9.97. The fraction of sp³-hybridized carbons (Fsp3) is 0.588. The van der Waals surface area contributed by atoms with Gasteiger partial charge in [-0.25, -0.2) is 4.39 Å². The van der Waals surface area contributed by atoms with Crippen molar-refractivity contribution >= 4 is 17.4 Å². The van der Waals surface area contributed by atoms with E-state index in [1.54, 1.807) is 0 Å². The Balaban J connectivity index is 2.20. The average molecular weight is 313 g/mol. The molecule has 2 rings (SSSR count). The molecule has 1 aromatic rings. The number of carbonyl (C=O) groups excluding carboxylic acids is 1. The van der Waals surface area contributed by atoms with Gasteiger partial charge in [0.05, 0.1) is 0 Å². The predicted molar refractivity (Wildman–Crippen MR) is 82.1 cm³/mol. The number of carbonyl (C=O) groups is 1. The Kier molecular flexibility index (Phi) is 5.39. The maximum absolute atomic E-state index is 13.8. The molecule has 0 amide bonds. The van der Waals surface area contributed by atoms with Gasteiger partial charge < -0.3 is 4.74 Å². The van der Waals surface area contributed by atoms with E-state index in [9.17, 15) is 9.18 Å². The first-order valence-corrected chi connectivity index (χ1v) is 7.96. The minimum atomic E-state index is -0.749. The van der Waals surface area contributed by atoms with Crippen molar-refractivity contribution in [3.63, 3.8) is 0 Å². The van der Waals surface area contributed by atoms with E-state index >= 15 is 0 Å². The molecule has 2 unspecified atom stereocenters. The lowest BCUT2D eigenvalue weighted by atomic mass is 9.75. The normalized spacial score (nSPS) is 25.8. The highest BCUT2D eigenvalue weighted by Gasteiger charge is 2.42. The number of hydrogen-bond donors (Lipinski definition) is 0. The van der Waals surface area contributed by atoms with Crippen molar-refractivity contribution in [2.45, 2.75) is 51.6 Å². The maximum Gasteiger partial charge on any atom is 0.169 e. The molecule has 116 valence electrons. The van der Waals surface area contributed by atoms with Crippen LogP contribution in [-0.2, 0) is 16.0 Å². The van der Waals surface area contributed by atoms with E-state index in [0.717, 1.165) is 25.7 Å². The Hall–Kier alpha value is -0.930. The van der Waals surface area contributed by atoms with E-state index in [2.05, 4.69) is 6.92 Å². The van der Waals surface area contributed by atoms with E-state index in [-0.39, 0.29) is 18.0 Å². The lowest BCUT2D eigenvalue weighted by Gasteiger charge is -2.38. The van der Waals surface area contributed by atoms with Crippen molar-refractivity contribution in [3.8, 4) is 0 Å². The number of ether oxygens (including phenoxy) is 1. The van der Waals surface area contributed by atoms with E-state index in [1.165, 1.54) is 18.2 Å². The lowest BCUT2D eigenvalue weighted by molar-refractivity contribution is -0.150. The zero-order valence-electron chi connectivity index (χ0n) is 12.6. The van der Waals surface area contributed by atoms with Gasteiger partial charge in [-0.2, -0.15) is 0 Å². The predicted octanol–water partition coefficient (Wildman–Crippen LogP) is 4.58. The molecule has 2 nitrogen and oxygen atoms in total. The van der Waals surface area contributed by atoms with Gasteiger partial charge in [-0.15, -0.1) is 0 Å². The molecule has 0 N–H and O–H groups in total. The van der Waals surface area contributed by atoms with E-state index in [0.29, 0.717) is 23.1 Å². The Bertz CT molecular complexity index is 514. The summed E-state index contributed by atoms with van der Waals surface area (Å²) in [5.74, 6) is 0.0405. The second kappa shape index (κ2) is 6.89. The van der Waals surface area contributed by atoms with Crippen LogP contribution in [0, 0.1) is 11.7 Å². The summed E-state index contributed by atoms with van der Waals surface area (Å²) in [6.45, 7) is 4.53. The van der Waals surface area contributed by atoms with Crippen LogP contribution in [0.25, 0.3) is 0 Å². The molecule has 0 radical (unpaired) electrons. The van der Waals surface area contributed by atoms with Crippen molar-refractivity contribution in [1.29, 1.82) is 0 Å². The summed E-state index contributed by atoms with van der Waals surface area (Å²) in [6.07, 6.45) is 3.59. The van der Waals surface area contributed by atoms with Gasteiger partial charge in [0, 0.05) is 18.1 Å². The van der Waals surface area contributed by atoms with Gasteiger partial charge in [0.2, 0.25) is 0 Å². The van der Waals surface area contributed by atoms with Crippen LogP contribution in [-0.4, -0.2) is 18.0 Å². The second-order valence-electron chi connectivity index (χ2n) is 5.96. The zero-order chi connectivity index (χ0) is 15.5. The Morgan fingerprint density at radius 3 is 2.95 bits per heavy atom. The highest BCUT2D eigenvalue weighted by Crippen LogP contribution is 2.37. The highest BCUT2D eigenvalue weighted by atomic mass is 35.5. The van der Waals surface area contributed by atoms with Gasteiger partial charge in [0.1, 0.15) is 11.4 Å². The fourth-order valence-corrected chi connectivity index (χ4v) is 3.45. The van der Waals surface area contributed by atoms with Crippen LogP contribution in [0.4, 0.5) is 4.39 Å². The molecule has 1 saturated carbocycles. The topological polar surface area (TPSA) is 26.3 Å². The molecule has 0 aromatic heterocycles. The summed E-state index contributed by atoms with van der Waals surface area (Å²) in [5, 5.41) is 0.446. The Labute approximate surface area is 130 Å². The van der Waals surface area contributed by atoms with Crippen LogP contribution >= 0.6 is 11.6 Å². The van der Waals surface area contributed by atoms with Crippen LogP contribution in [0.1, 0.15) is 45.1 Å². The smallest absolute Gasteiger partial charge is 0.169 e. The molecule has 2 atom stereocenters. The molecule has 21 heavy (non-hydrogen) atoms. The molecular formula is C17H22ClFO2. The molecule has 0 spiro atoms. The first kappa shape index (κ1) is 16.4. The molecule has 0 bridgehead atoms. The summed E-state index contributed by atoms with van der Waals surface area (Å²) < 4.78 is 19.7. The molecule has 1 aromatic carbocycles. The van der Waals surface area contributed by atoms with Crippen LogP contribution in [0.15, 0.2) is 18.2 Å². The van der Waals surface area contributed by atoms with E-state index < -0.39 is 5.60 Å². The summed E-state index contributed by atoms with van der Waals surface area (Å²) in [7, 11) is 0. The van der Waals surface area contributed by atoms with Gasteiger partial charge in [-0.05, 0) is 55.9 Å². The van der Waals surface area contributed by atoms with Crippen molar-refractivity contribution in [2.24, 2.45) is 5.92 Å². The zero-order valence-corrected chi connectivity index (χ0v) is 13.4. The van der Waals surface area contributed by atoms with Gasteiger partial charge in [-0.3, -0.25) is 4.79 Å². The molecule has 1 fully saturated rings. The van der Waals surface area contributed by atoms with E-state index in [1.807, 2.05) is 6.92 Å². The number of rotatable bonds is 5. The minimum absolute atomic E-state index is 0.0305. The monoisotopic (exact) mass is 312 g/mol. The number of ketones is 1. The second-order valence-corrected chi connectivity index (χ2v) is 6.40. The van der Waals surface area contributed by atoms with Gasteiger partial charge in [0.25, 0.3) is 0 Å². The lowest BCUT2D eigenvalue weighted by Crippen LogP contribution is -2.46. The quantitative estimate of drug-likeness (QED) is 0.795. The summed E-state index contributed by atoms with van der Waals surface area (Å²) in [6, 6.07) is 4.33. The first-order valence-electron chi connectivity index (χ1n) is 7.58. The number of hydrogen-bond acceptors (Lipinski definition) is 2. The molecule has 1 aliphatic carbocycles. The van der Waals surface area contributed by atoms with Gasteiger partial charge in [0.15, 0.2) is 5.78 Å². The van der Waals surface area contributed by atoms with Crippen LogP contribution < -0.4 is 0 Å². The standard InChI is InChI=1S/C17H22ClFO2/c1-3-21-17(8-4-5-12(2)11-17)16(20)10-13-9-14(18)6-7-15(13)19/h6-7,9,12H,3-5,8,10-11H2,1-2H3. The van der Waals surface area contributed by atoms with Gasteiger partial charge >= 0.3 is 0 Å². The molecule has 0 heterocycles. The molecular weight excluding hydrogens is 291 g/mol. The number of benzene rings is 1. The van der Waals surface area contributed by atoms with Gasteiger partial charge in [-0.1, -0.05) is 24.9 Å². The largest absolute Gasteiger partial charge is 0.367 e. The van der Waals surface area contributed by atoms with Crippen molar-refractivity contribution in [1.82, 2.24) is 0 Å². The summed E-state index contributed by atoms with van der Waals surface area (Å²) in [4.78, 5) is 12.8. The fourth-order valence-electron chi connectivity index (χ4n) is 3.26. The summed E-state index contributed by atoms with van der Waals surface area (Å²) in [5.41, 5.74) is -0.397. The molecule has 4 heteroatoms. The number of Topliss-reactive ketones (excluding diaryl/α,β-unsaturated/α-hetero) is 1. The van der Waals surface area contributed by atoms with Crippen LogP contribution in [0.2, 0.25) is 5.02 Å². The molecule has 0 saturated heterocycles. The maximum atomic E-state index is 13.8. The average Bonchev–Trinajstić information content (AvgIpc) is 2.43. The third-order valence-corrected chi connectivity index (χ3v) is 4.48. The molecule has 1 aliphatic rings. The van der Waals surface area contributed by atoms with Crippen molar-refractivity contribution < 1.29 is 13.9 Å². The number of halogens is 2. The Morgan fingerprint density at radius 2 is 2.29 bits per heavy atom. The minimum Gasteiger partial charge on any atom is -0.367 e.